The fourth-order valence-corrected chi connectivity index (χ4v) is 3.91. The van der Waals surface area contributed by atoms with Crippen LogP contribution < -0.4 is 5.32 Å². The number of amides is 2. The van der Waals surface area contributed by atoms with E-state index < -0.39 is 11.2 Å². The number of hydrogen-bond donors (Lipinski definition) is 1. The molecule has 1 saturated carbocycles. The molecule has 0 unspecified atom stereocenters. The summed E-state index contributed by atoms with van der Waals surface area (Å²) in [5, 5.41) is 3.71. The summed E-state index contributed by atoms with van der Waals surface area (Å²) in [6.07, 6.45) is 2.52. The quantitative estimate of drug-likeness (QED) is 0.831. The SMILES string of the molecule is Cc1cccc(F)c1C(=O)N1CC(Cc2ccc(Cl)cc2)(C(=O)NC2CC2)C1. The van der Waals surface area contributed by atoms with E-state index in [1.165, 1.54) is 6.07 Å². The fourth-order valence-electron chi connectivity index (χ4n) is 3.78. The Morgan fingerprint density at radius 3 is 2.46 bits per heavy atom. The summed E-state index contributed by atoms with van der Waals surface area (Å²) < 4.78 is 14.2. The standard InChI is InChI=1S/C22H22ClFN2O2/c1-14-3-2-4-18(24)19(14)20(27)26-12-22(13-26,21(28)25-17-9-10-17)11-15-5-7-16(23)8-6-15/h2-8,17H,9-13H2,1H3,(H,25,28). The number of carbonyl (C=O) groups excluding carboxylic acids is 2. The first-order valence-corrected chi connectivity index (χ1v) is 9.86. The van der Waals surface area contributed by atoms with Crippen LogP contribution in [0.3, 0.4) is 0 Å². The maximum absolute atomic E-state index is 14.2. The second kappa shape index (κ2) is 7.21. The molecule has 4 rings (SSSR count). The zero-order valence-corrected chi connectivity index (χ0v) is 16.4. The summed E-state index contributed by atoms with van der Waals surface area (Å²) in [5.74, 6) is -0.913. The maximum atomic E-state index is 14.2. The molecular formula is C22H22ClFN2O2. The third kappa shape index (κ3) is 3.63. The molecule has 0 aromatic heterocycles. The van der Waals surface area contributed by atoms with Crippen LogP contribution in [-0.4, -0.2) is 35.8 Å². The van der Waals surface area contributed by atoms with E-state index in [1.807, 2.05) is 12.1 Å². The highest BCUT2D eigenvalue weighted by atomic mass is 35.5. The minimum Gasteiger partial charge on any atom is -0.353 e. The van der Waals surface area contributed by atoms with Crippen molar-refractivity contribution in [3.8, 4) is 0 Å². The van der Waals surface area contributed by atoms with Gasteiger partial charge in [-0.15, -0.1) is 0 Å². The minimum atomic E-state index is -0.689. The molecule has 1 aliphatic carbocycles. The van der Waals surface area contributed by atoms with Crippen LogP contribution in [0.2, 0.25) is 5.02 Å². The van der Waals surface area contributed by atoms with Gasteiger partial charge in [0.25, 0.3) is 5.91 Å². The van der Waals surface area contributed by atoms with Crippen LogP contribution in [0.1, 0.15) is 34.3 Å². The second-order valence-electron chi connectivity index (χ2n) is 7.92. The maximum Gasteiger partial charge on any atom is 0.257 e. The molecule has 0 radical (unpaired) electrons. The molecule has 1 saturated heterocycles. The van der Waals surface area contributed by atoms with Gasteiger partial charge in [-0.3, -0.25) is 9.59 Å². The molecule has 28 heavy (non-hydrogen) atoms. The van der Waals surface area contributed by atoms with Crippen molar-refractivity contribution in [1.29, 1.82) is 0 Å². The molecule has 146 valence electrons. The molecule has 2 aromatic carbocycles. The molecule has 0 bridgehead atoms. The van der Waals surface area contributed by atoms with Gasteiger partial charge in [-0.25, -0.2) is 4.39 Å². The molecule has 1 N–H and O–H groups in total. The van der Waals surface area contributed by atoms with Gasteiger partial charge in [0.15, 0.2) is 0 Å². The number of halogens is 2. The monoisotopic (exact) mass is 400 g/mol. The van der Waals surface area contributed by atoms with Crippen LogP contribution in [0.4, 0.5) is 4.39 Å². The van der Waals surface area contributed by atoms with Crippen molar-refractivity contribution in [2.24, 2.45) is 5.41 Å². The van der Waals surface area contributed by atoms with E-state index in [-0.39, 0.29) is 36.5 Å². The lowest BCUT2D eigenvalue weighted by molar-refractivity contribution is -0.139. The van der Waals surface area contributed by atoms with Gasteiger partial charge in [-0.05, 0) is 55.5 Å². The Morgan fingerprint density at radius 2 is 1.86 bits per heavy atom. The molecule has 2 amide bonds. The zero-order chi connectivity index (χ0) is 19.9. The van der Waals surface area contributed by atoms with Crippen LogP contribution in [0.15, 0.2) is 42.5 Å². The Labute approximate surface area is 168 Å². The molecule has 2 fully saturated rings. The number of likely N-dealkylation sites (tertiary alicyclic amines) is 1. The van der Waals surface area contributed by atoms with Gasteiger partial charge in [0.05, 0.1) is 11.0 Å². The molecule has 2 aromatic rings. The predicted octanol–water partition coefficient (Wildman–Crippen LogP) is 3.75. The van der Waals surface area contributed by atoms with Crippen LogP contribution >= 0.6 is 11.6 Å². The number of nitrogens with zero attached hydrogens (tertiary/aromatic N) is 1. The lowest BCUT2D eigenvalue weighted by Gasteiger charge is -2.49. The Hall–Kier alpha value is -2.40. The van der Waals surface area contributed by atoms with Crippen molar-refractivity contribution in [3.63, 3.8) is 0 Å². The highest BCUT2D eigenvalue weighted by Gasteiger charge is 2.52. The van der Waals surface area contributed by atoms with E-state index in [0.29, 0.717) is 17.0 Å². The van der Waals surface area contributed by atoms with Gasteiger partial charge >= 0.3 is 0 Å². The predicted molar refractivity (Wildman–Crippen MR) is 106 cm³/mol. The highest BCUT2D eigenvalue weighted by molar-refractivity contribution is 6.30. The normalized spacial score (nSPS) is 17.8. The van der Waals surface area contributed by atoms with Gasteiger partial charge in [0.2, 0.25) is 5.91 Å². The van der Waals surface area contributed by atoms with Crippen molar-refractivity contribution < 1.29 is 14.0 Å². The number of aryl methyl sites for hydroxylation is 1. The van der Waals surface area contributed by atoms with Gasteiger partial charge in [0.1, 0.15) is 5.82 Å². The van der Waals surface area contributed by atoms with Crippen LogP contribution in [0.5, 0.6) is 0 Å². The van der Waals surface area contributed by atoms with Crippen LogP contribution in [-0.2, 0) is 11.2 Å². The van der Waals surface area contributed by atoms with Crippen molar-refractivity contribution >= 4 is 23.4 Å². The molecule has 0 atom stereocenters. The van der Waals surface area contributed by atoms with Crippen molar-refractivity contribution in [2.45, 2.75) is 32.2 Å². The van der Waals surface area contributed by atoms with E-state index in [4.69, 9.17) is 11.6 Å². The van der Waals surface area contributed by atoms with Gasteiger partial charge in [-0.1, -0.05) is 35.9 Å². The van der Waals surface area contributed by atoms with Gasteiger partial charge in [-0.2, -0.15) is 0 Å². The lowest BCUT2D eigenvalue weighted by Crippen LogP contribution is -2.66. The van der Waals surface area contributed by atoms with Crippen molar-refractivity contribution in [3.05, 3.63) is 70.0 Å². The molecule has 1 aliphatic heterocycles. The first-order chi connectivity index (χ1) is 13.4. The molecule has 2 aliphatic rings. The third-order valence-electron chi connectivity index (χ3n) is 5.56. The summed E-state index contributed by atoms with van der Waals surface area (Å²) in [6.45, 7) is 2.28. The average Bonchev–Trinajstić information content (AvgIpc) is 3.43. The smallest absolute Gasteiger partial charge is 0.257 e. The van der Waals surface area contributed by atoms with E-state index in [1.54, 1.807) is 36.1 Å². The first kappa shape index (κ1) is 18.9. The van der Waals surface area contributed by atoms with Crippen LogP contribution in [0, 0.1) is 18.2 Å². The number of carbonyl (C=O) groups is 2. The van der Waals surface area contributed by atoms with E-state index in [9.17, 15) is 14.0 Å². The fraction of sp³-hybridized carbons (Fsp3) is 0.364. The number of nitrogens with one attached hydrogen (secondary N) is 1. The highest BCUT2D eigenvalue weighted by Crippen LogP contribution is 2.37. The van der Waals surface area contributed by atoms with E-state index in [2.05, 4.69) is 5.32 Å². The number of benzene rings is 2. The first-order valence-electron chi connectivity index (χ1n) is 9.48. The molecule has 1 heterocycles. The number of hydrogen-bond acceptors (Lipinski definition) is 2. The molecule has 6 heteroatoms. The Morgan fingerprint density at radius 1 is 1.18 bits per heavy atom. The van der Waals surface area contributed by atoms with Gasteiger partial charge < -0.3 is 10.2 Å². The second-order valence-corrected chi connectivity index (χ2v) is 8.36. The molecule has 0 spiro atoms. The largest absolute Gasteiger partial charge is 0.353 e. The van der Waals surface area contributed by atoms with Gasteiger partial charge in [0, 0.05) is 24.2 Å². The van der Waals surface area contributed by atoms with Crippen molar-refractivity contribution in [1.82, 2.24) is 10.2 Å². The summed E-state index contributed by atoms with van der Waals surface area (Å²) in [5.41, 5.74) is 0.989. The lowest BCUT2D eigenvalue weighted by atomic mass is 9.73. The van der Waals surface area contributed by atoms with E-state index in [0.717, 1.165) is 18.4 Å². The minimum absolute atomic E-state index is 0.0285. The molecular weight excluding hydrogens is 379 g/mol. The molecule has 4 nitrogen and oxygen atoms in total. The summed E-state index contributed by atoms with van der Waals surface area (Å²) >= 11 is 5.96. The third-order valence-corrected chi connectivity index (χ3v) is 5.81. The zero-order valence-electron chi connectivity index (χ0n) is 15.7. The summed E-state index contributed by atoms with van der Waals surface area (Å²) in [6, 6.07) is 12.2. The number of rotatable bonds is 5. The summed E-state index contributed by atoms with van der Waals surface area (Å²) in [7, 11) is 0. The van der Waals surface area contributed by atoms with E-state index >= 15 is 0 Å². The van der Waals surface area contributed by atoms with Crippen LogP contribution in [0.25, 0.3) is 0 Å². The Bertz CT molecular complexity index is 898. The topological polar surface area (TPSA) is 49.4 Å². The summed E-state index contributed by atoms with van der Waals surface area (Å²) in [4.78, 5) is 27.4. The van der Waals surface area contributed by atoms with Crippen molar-refractivity contribution in [2.75, 3.05) is 13.1 Å². The Balaban J connectivity index is 1.54. The average molecular weight is 401 g/mol. The Kier molecular flexibility index (Phi) is 4.88.